The standard InChI is InChI=1S/C15H18O2/c1-3-17-15(16)14-9-5-8-13(14)12-7-4-6-11(2)10-12/h4,6-7,10H,3,5,8-9H2,1-2H3. The number of hydrogen-bond acceptors (Lipinski definition) is 2. The van der Waals surface area contributed by atoms with E-state index in [1.54, 1.807) is 0 Å². The third-order valence-electron chi connectivity index (χ3n) is 3.11. The summed E-state index contributed by atoms with van der Waals surface area (Å²) in [7, 11) is 0. The molecule has 1 aromatic carbocycles. The van der Waals surface area contributed by atoms with Crippen molar-refractivity contribution in [2.24, 2.45) is 0 Å². The first-order valence-corrected chi connectivity index (χ1v) is 6.18. The Bertz CT molecular complexity index is 458. The molecule has 0 saturated heterocycles. The van der Waals surface area contributed by atoms with E-state index in [9.17, 15) is 4.79 Å². The van der Waals surface area contributed by atoms with Crippen molar-refractivity contribution in [3.63, 3.8) is 0 Å². The number of carbonyl (C=O) groups is 1. The number of rotatable bonds is 3. The van der Waals surface area contributed by atoms with E-state index in [1.807, 2.05) is 13.0 Å². The normalized spacial score (nSPS) is 15.2. The van der Waals surface area contributed by atoms with Crippen molar-refractivity contribution in [3.8, 4) is 0 Å². The lowest BCUT2D eigenvalue weighted by Crippen LogP contribution is -2.07. The van der Waals surface area contributed by atoms with Crippen molar-refractivity contribution in [2.45, 2.75) is 33.1 Å². The average molecular weight is 230 g/mol. The Morgan fingerprint density at radius 1 is 1.35 bits per heavy atom. The molecule has 0 heterocycles. The lowest BCUT2D eigenvalue weighted by molar-refractivity contribution is -0.138. The smallest absolute Gasteiger partial charge is 0.334 e. The number of aryl methyl sites for hydroxylation is 1. The Hall–Kier alpha value is -1.57. The molecule has 1 aliphatic carbocycles. The number of carbonyl (C=O) groups excluding carboxylic acids is 1. The first-order chi connectivity index (χ1) is 8.22. The zero-order chi connectivity index (χ0) is 12.3. The van der Waals surface area contributed by atoms with E-state index in [-0.39, 0.29) is 5.97 Å². The largest absolute Gasteiger partial charge is 0.463 e. The van der Waals surface area contributed by atoms with Crippen LogP contribution in [0.3, 0.4) is 0 Å². The third-order valence-corrected chi connectivity index (χ3v) is 3.11. The van der Waals surface area contributed by atoms with E-state index in [2.05, 4.69) is 25.1 Å². The molecule has 0 saturated carbocycles. The molecule has 90 valence electrons. The van der Waals surface area contributed by atoms with Crippen molar-refractivity contribution in [1.29, 1.82) is 0 Å². The molecule has 0 amide bonds. The van der Waals surface area contributed by atoms with Crippen LogP contribution in [0.25, 0.3) is 5.57 Å². The van der Waals surface area contributed by atoms with E-state index >= 15 is 0 Å². The van der Waals surface area contributed by atoms with Crippen LogP contribution in [0.4, 0.5) is 0 Å². The molecular weight excluding hydrogens is 212 g/mol. The van der Waals surface area contributed by atoms with Gasteiger partial charge in [0.2, 0.25) is 0 Å². The fourth-order valence-electron chi connectivity index (χ4n) is 2.34. The first-order valence-electron chi connectivity index (χ1n) is 6.18. The molecule has 1 aromatic rings. The Labute approximate surface area is 102 Å². The second-order valence-electron chi connectivity index (χ2n) is 4.40. The second-order valence-corrected chi connectivity index (χ2v) is 4.40. The van der Waals surface area contributed by atoms with Crippen molar-refractivity contribution in [3.05, 3.63) is 41.0 Å². The summed E-state index contributed by atoms with van der Waals surface area (Å²) in [6.07, 6.45) is 2.89. The van der Waals surface area contributed by atoms with Gasteiger partial charge in [-0.1, -0.05) is 29.8 Å². The predicted octanol–water partition coefficient (Wildman–Crippen LogP) is 3.50. The zero-order valence-corrected chi connectivity index (χ0v) is 10.5. The number of ether oxygens (including phenoxy) is 1. The third kappa shape index (κ3) is 2.57. The number of allylic oxidation sites excluding steroid dienone is 1. The summed E-state index contributed by atoms with van der Waals surface area (Å²) < 4.78 is 5.11. The highest BCUT2D eigenvalue weighted by Gasteiger charge is 2.22. The molecule has 0 fully saturated rings. The Balaban J connectivity index is 2.35. The molecular formula is C15H18O2. The van der Waals surface area contributed by atoms with Crippen LogP contribution in [-0.4, -0.2) is 12.6 Å². The molecule has 0 aromatic heterocycles. The van der Waals surface area contributed by atoms with Gasteiger partial charge in [-0.15, -0.1) is 0 Å². The molecule has 1 aliphatic rings. The molecule has 0 atom stereocenters. The van der Waals surface area contributed by atoms with Crippen LogP contribution < -0.4 is 0 Å². The zero-order valence-electron chi connectivity index (χ0n) is 10.5. The maximum absolute atomic E-state index is 11.8. The van der Waals surface area contributed by atoms with E-state index in [4.69, 9.17) is 4.74 Å². The summed E-state index contributed by atoms with van der Waals surface area (Å²) in [5.41, 5.74) is 4.44. The fourth-order valence-corrected chi connectivity index (χ4v) is 2.34. The summed E-state index contributed by atoms with van der Waals surface area (Å²) in [5, 5.41) is 0. The lowest BCUT2D eigenvalue weighted by atomic mass is 10.0. The van der Waals surface area contributed by atoms with Crippen molar-refractivity contribution in [1.82, 2.24) is 0 Å². The summed E-state index contributed by atoms with van der Waals surface area (Å²) in [5.74, 6) is -0.137. The SMILES string of the molecule is CCOC(=O)C1=C(c2cccc(C)c2)CCC1. The number of benzene rings is 1. The molecule has 2 heteroatoms. The minimum Gasteiger partial charge on any atom is -0.463 e. The molecule has 0 radical (unpaired) electrons. The summed E-state index contributed by atoms with van der Waals surface area (Å²) in [6, 6.07) is 8.33. The monoisotopic (exact) mass is 230 g/mol. The molecule has 0 bridgehead atoms. The molecule has 0 spiro atoms. The van der Waals surface area contributed by atoms with Gasteiger partial charge in [-0.2, -0.15) is 0 Å². The average Bonchev–Trinajstić information content (AvgIpc) is 2.78. The van der Waals surface area contributed by atoms with Gasteiger partial charge in [0.15, 0.2) is 0 Å². The van der Waals surface area contributed by atoms with E-state index in [1.165, 1.54) is 16.7 Å². The molecule has 0 unspecified atom stereocenters. The van der Waals surface area contributed by atoms with Gasteiger partial charge in [0.05, 0.1) is 6.61 Å². The minimum absolute atomic E-state index is 0.137. The van der Waals surface area contributed by atoms with Crippen LogP contribution in [0.2, 0.25) is 0 Å². The van der Waals surface area contributed by atoms with Crippen LogP contribution >= 0.6 is 0 Å². The Kier molecular flexibility index (Phi) is 3.62. The molecule has 2 rings (SSSR count). The second kappa shape index (κ2) is 5.17. The topological polar surface area (TPSA) is 26.3 Å². The van der Waals surface area contributed by atoms with Crippen LogP contribution in [0.5, 0.6) is 0 Å². The minimum atomic E-state index is -0.137. The van der Waals surface area contributed by atoms with Gasteiger partial charge in [-0.25, -0.2) is 4.79 Å². The summed E-state index contributed by atoms with van der Waals surface area (Å²) in [6.45, 7) is 4.37. The van der Waals surface area contributed by atoms with Gasteiger partial charge in [-0.3, -0.25) is 0 Å². The van der Waals surface area contributed by atoms with E-state index < -0.39 is 0 Å². The molecule has 0 N–H and O–H groups in total. The van der Waals surface area contributed by atoms with Crippen LogP contribution in [0.15, 0.2) is 29.8 Å². The van der Waals surface area contributed by atoms with E-state index in [0.717, 1.165) is 24.8 Å². The van der Waals surface area contributed by atoms with Crippen molar-refractivity contribution in [2.75, 3.05) is 6.61 Å². The van der Waals surface area contributed by atoms with Crippen LogP contribution in [-0.2, 0) is 9.53 Å². The summed E-state index contributed by atoms with van der Waals surface area (Å²) >= 11 is 0. The molecule has 0 aliphatic heterocycles. The summed E-state index contributed by atoms with van der Waals surface area (Å²) in [4.78, 5) is 11.8. The Morgan fingerprint density at radius 2 is 2.18 bits per heavy atom. The highest BCUT2D eigenvalue weighted by atomic mass is 16.5. The van der Waals surface area contributed by atoms with Gasteiger partial charge >= 0.3 is 5.97 Å². The van der Waals surface area contributed by atoms with Gasteiger partial charge in [0, 0.05) is 5.57 Å². The highest BCUT2D eigenvalue weighted by molar-refractivity contribution is 5.98. The van der Waals surface area contributed by atoms with Crippen LogP contribution in [0.1, 0.15) is 37.3 Å². The quantitative estimate of drug-likeness (QED) is 0.743. The van der Waals surface area contributed by atoms with Gasteiger partial charge in [-0.05, 0) is 44.2 Å². The fraction of sp³-hybridized carbons (Fsp3) is 0.400. The maximum Gasteiger partial charge on any atom is 0.334 e. The van der Waals surface area contributed by atoms with Gasteiger partial charge in [0.1, 0.15) is 0 Å². The van der Waals surface area contributed by atoms with Gasteiger partial charge in [0.25, 0.3) is 0 Å². The van der Waals surface area contributed by atoms with Crippen molar-refractivity contribution >= 4 is 11.5 Å². The van der Waals surface area contributed by atoms with Crippen molar-refractivity contribution < 1.29 is 9.53 Å². The first kappa shape index (κ1) is 11.9. The Morgan fingerprint density at radius 3 is 2.88 bits per heavy atom. The number of hydrogen-bond donors (Lipinski definition) is 0. The highest BCUT2D eigenvalue weighted by Crippen LogP contribution is 2.34. The predicted molar refractivity (Wildman–Crippen MR) is 68.6 cm³/mol. The molecule has 2 nitrogen and oxygen atoms in total. The molecule has 17 heavy (non-hydrogen) atoms. The van der Waals surface area contributed by atoms with Gasteiger partial charge < -0.3 is 4.74 Å². The van der Waals surface area contributed by atoms with Crippen LogP contribution in [0, 0.1) is 6.92 Å². The maximum atomic E-state index is 11.8. The van der Waals surface area contributed by atoms with E-state index in [0.29, 0.717) is 6.61 Å². The number of esters is 1. The lowest BCUT2D eigenvalue weighted by Gasteiger charge is -2.08.